The number of nitrogens with two attached hydrogens (primary N) is 1. The first-order valence-corrected chi connectivity index (χ1v) is 11.5. The van der Waals surface area contributed by atoms with E-state index in [1.807, 2.05) is 6.92 Å². The van der Waals surface area contributed by atoms with Crippen molar-refractivity contribution in [3.05, 3.63) is 46.5 Å². The van der Waals surface area contributed by atoms with Crippen LogP contribution in [-0.4, -0.2) is 54.5 Å². The summed E-state index contributed by atoms with van der Waals surface area (Å²) in [6.45, 7) is 1.85. The third kappa shape index (κ3) is 3.97. The van der Waals surface area contributed by atoms with Crippen LogP contribution in [0.2, 0.25) is 0 Å². The molecule has 0 radical (unpaired) electrons. The molecule has 2 aliphatic rings. The van der Waals surface area contributed by atoms with Gasteiger partial charge in [0.1, 0.15) is 23.0 Å². The Morgan fingerprint density at radius 2 is 2.09 bits per heavy atom. The molecule has 3 amide bonds. The Balaban J connectivity index is 1.39. The van der Waals surface area contributed by atoms with E-state index in [2.05, 4.69) is 36.3 Å². The number of nitrogens with one attached hydrogen (secondary N) is 1. The second-order valence-corrected chi connectivity index (χ2v) is 9.18. The first kappa shape index (κ1) is 21.5. The number of halogens is 1. The molecule has 170 valence electrons. The van der Waals surface area contributed by atoms with Crippen molar-refractivity contribution in [2.24, 2.45) is 11.7 Å². The standard InChI is InChI=1S/C22H22BrN7O3/c1-2-12-8-13-16(9-25-12)29(28-20(13)21(24)32)10-19(31)30-14-6-11(14)7-15(30)22(33)27-18-5-3-4-17(23)26-18/h3-5,8-9,11,14-15H,2,6-7,10H2,1H3,(H2,24,32)(H,26,27,33)/t11-,14?,15+/m1/s1. The third-order valence-electron chi connectivity index (χ3n) is 6.24. The Labute approximate surface area is 197 Å². The summed E-state index contributed by atoms with van der Waals surface area (Å²) in [5, 5.41) is 7.68. The zero-order valence-electron chi connectivity index (χ0n) is 17.9. The van der Waals surface area contributed by atoms with Gasteiger partial charge in [-0.2, -0.15) is 5.10 Å². The highest BCUT2D eigenvalue weighted by Gasteiger charge is 2.56. The van der Waals surface area contributed by atoms with E-state index in [1.165, 1.54) is 4.68 Å². The van der Waals surface area contributed by atoms with Crippen LogP contribution in [-0.2, 0) is 22.6 Å². The van der Waals surface area contributed by atoms with Gasteiger partial charge in [-0.05, 0) is 59.3 Å². The number of fused-ring (bicyclic) bond motifs is 2. The van der Waals surface area contributed by atoms with Gasteiger partial charge in [0.25, 0.3) is 5.91 Å². The zero-order chi connectivity index (χ0) is 23.3. The Morgan fingerprint density at radius 1 is 1.27 bits per heavy atom. The summed E-state index contributed by atoms with van der Waals surface area (Å²) < 4.78 is 2.06. The van der Waals surface area contributed by atoms with Crippen LogP contribution in [0, 0.1) is 5.92 Å². The Hall–Kier alpha value is -3.34. The number of amides is 3. The Morgan fingerprint density at radius 3 is 2.82 bits per heavy atom. The summed E-state index contributed by atoms with van der Waals surface area (Å²) in [6.07, 6.45) is 3.80. The lowest BCUT2D eigenvalue weighted by Gasteiger charge is -2.26. The predicted octanol–water partition coefficient (Wildman–Crippen LogP) is 1.88. The van der Waals surface area contributed by atoms with Crippen LogP contribution >= 0.6 is 15.9 Å². The molecule has 1 aliphatic carbocycles. The van der Waals surface area contributed by atoms with Crippen LogP contribution in [0.3, 0.4) is 0 Å². The number of aryl methyl sites for hydroxylation is 1. The van der Waals surface area contributed by atoms with E-state index >= 15 is 0 Å². The highest BCUT2D eigenvalue weighted by atomic mass is 79.9. The number of primary amides is 1. The molecule has 10 nitrogen and oxygen atoms in total. The molecule has 3 atom stereocenters. The van der Waals surface area contributed by atoms with Crippen molar-refractivity contribution in [1.82, 2.24) is 24.6 Å². The number of likely N-dealkylation sites (tertiary alicyclic amines) is 1. The zero-order valence-corrected chi connectivity index (χ0v) is 19.4. The summed E-state index contributed by atoms with van der Waals surface area (Å²) in [4.78, 5) is 48.5. The minimum atomic E-state index is -0.665. The SMILES string of the molecule is CCc1cc2c(C(N)=O)nn(CC(=O)N3C4C[C@@H]4C[C@H]3C(=O)Nc3cccc(Br)n3)c2cn1. The largest absolute Gasteiger partial charge is 0.364 e. The summed E-state index contributed by atoms with van der Waals surface area (Å²) in [5.74, 6) is -0.420. The maximum Gasteiger partial charge on any atom is 0.269 e. The van der Waals surface area contributed by atoms with E-state index in [0.717, 1.165) is 12.1 Å². The van der Waals surface area contributed by atoms with Crippen LogP contribution in [0.15, 0.2) is 35.1 Å². The average Bonchev–Trinajstić information content (AvgIpc) is 3.29. The van der Waals surface area contributed by atoms with Crippen LogP contribution in [0.5, 0.6) is 0 Å². The van der Waals surface area contributed by atoms with Crippen molar-refractivity contribution in [3.8, 4) is 0 Å². The number of pyridine rings is 2. The van der Waals surface area contributed by atoms with E-state index in [0.29, 0.717) is 40.1 Å². The first-order valence-electron chi connectivity index (χ1n) is 10.8. The number of nitrogens with zero attached hydrogens (tertiary/aromatic N) is 5. The highest BCUT2D eigenvalue weighted by Crippen LogP contribution is 2.48. The van der Waals surface area contributed by atoms with Gasteiger partial charge < -0.3 is 16.0 Å². The fourth-order valence-electron chi connectivity index (χ4n) is 4.56. The smallest absolute Gasteiger partial charge is 0.269 e. The molecule has 33 heavy (non-hydrogen) atoms. The number of aromatic nitrogens is 4. The van der Waals surface area contributed by atoms with Gasteiger partial charge in [0.2, 0.25) is 11.8 Å². The molecule has 2 fully saturated rings. The molecule has 1 saturated heterocycles. The molecule has 3 N–H and O–H groups in total. The van der Waals surface area contributed by atoms with E-state index in [9.17, 15) is 14.4 Å². The van der Waals surface area contributed by atoms with Gasteiger partial charge >= 0.3 is 0 Å². The average molecular weight is 512 g/mol. The van der Waals surface area contributed by atoms with Gasteiger partial charge in [0, 0.05) is 17.1 Å². The molecule has 1 aliphatic heterocycles. The van der Waals surface area contributed by atoms with Crippen molar-refractivity contribution in [2.75, 3.05) is 5.32 Å². The molecule has 1 unspecified atom stereocenters. The number of rotatable bonds is 6. The van der Waals surface area contributed by atoms with Crippen LogP contribution in [0.25, 0.3) is 10.9 Å². The topological polar surface area (TPSA) is 136 Å². The summed E-state index contributed by atoms with van der Waals surface area (Å²) in [5.41, 5.74) is 6.98. The monoisotopic (exact) mass is 511 g/mol. The van der Waals surface area contributed by atoms with Crippen molar-refractivity contribution in [2.45, 2.75) is 44.8 Å². The number of carbonyl (C=O) groups is 3. The van der Waals surface area contributed by atoms with Crippen LogP contribution in [0.1, 0.15) is 35.9 Å². The maximum absolute atomic E-state index is 13.3. The molecule has 11 heteroatoms. The summed E-state index contributed by atoms with van der Waals surface area (Å²) in [7, 11) is 0. The fourth-order valence-corrected chi connectivity index (χ4v) is 4.90. The van der Waals surface area contributed by atoms with Crippen LogP contribution < -0.4 is 11.1 Å². The number of hydrogen-bond acceptors (Lipinski definition) is 6. The van der Waals surface area contributed by atoms with Crippen molar-refractivity contribution < 1.29 is 14.4 Å². The van der Waals surface area contributed by atoms with Gasteiger partial charge in [-0.3, -0.25) is 24.0 Å². The number of anilines is 1. The second-order valence-electron chi connectivity index (χ2n) is 8.37. The summed E-state index contributed by atoms with van der Waals surface area (Å²) in [6, 6.07) is 6.48. The lowest BCUT2D eigenvalue weighted by Crippen LogP contribution is -2.46. The molecule has 0 aromatic carbocycles. The number of carbonyl (C=O) groups excluding carboxylic acids is 3. The minimum absolute atomic E-state index is 0.0472. The fraction of sp³-hybridized carbons (Fsp3) is 0.364. The van der Waals surface area contributed by atoms with E-state index < -0.39 is 11.9 Å². The molecule has 3 aromatic rings. The van der Waals surface area contributed by atoms with Crippen molar-refractivity contribution in [1.29, 1.82) is 0 Å². The number of hydrogen-bond donors (Lipinski definition) is 2. The Bertz CT molecular complexity index is 1290. The molecule has 0 spiro atoms. The molecular formula is C22H22BrN7O3. The van der Waals surface area contributed by atoms with Gasteiger partial charge in [-0.1, -0.05) is 13.0 Å². The van der Waals surface area contributed by atoms with Gasteiger partial charge in [0.05, 0.1) is 11.7 Å². The van der Waals surface area contributed by atoms with Gasteiger partial charge in [0.15, 0.2) is 5.69 Å². The van der Waals surface area contributed by atoms with E-state index in [4.69, 9.17) is 5.73 Å². The third-order valence-corrected chi connectivity index (χ3v) is 6.68. The van der Waals surface area contributed by atoms with Crippen LogP contribution in [0.4, 0.5) is 5.82 Å². The maximum atomic E-state index is 13.3. The first-order chi connectivity index (χ1) is 15.9. The van der Waals surface area contributed by atoms with Gasteiger partial charge in [-0.15, -0.1) is 0 Å². The lowest BCUT2D eigenvalue weighted by atomic mass is 10.1. The second kappa shape index (κ2) is 8.22. The van der Waals surface area contributed by atoms with Crippen molar-refractivity contribution >= 4 is 50.4 Å². The minimum Gasteiger partial charge on any atom is -0.364 e. The Kier molecular flexibility index (Phi) is 5.35. The van der Waals surface area contributed by atoms with E-state index in [-0.39, 0.29) is 30.1 Å². The summed E-state index contributed by atoms with van der Waals surface area (Å²) >= 11 is 3.29. The molecule has 3 aromatic heterocycles. The predicted molar refractivity (Wildman–Crippen MR) is 123 cm³/mol. The normalized spacial score (nSPS) is 21.2. The molecule has 5 rings (SSSR count). The van der Waals surface area contributed by atoms with E-state index in [1.54, 1.807) is 35.4 Å². The molecule has 0 bridgehead atoms. The van der Waals surface area contributed by atoms with Gasteiger partial charge in [-0.25, -0.2) is 4.98 Å². The molecular weight excluding hydrogens is 490 g/mol. The molecule has 4 heterocycles. The number of piperidine rings is 1. The van der Waals surface area contributed by atoms with Crippen molar-refractivity contribution in [3.63, 3.8) is 0 Å². The highest BCUT2D eigenvalue weighted by molar-refractivity contribution is 9.10. The molecule has 1 saturated carbocycles. The quantitative estimate of drug-likeness (QED) is 0.484. The lowest BCUT2D eigenvalue weighted by molar-refractivity contribution is -0.138.